The van der Waals surface area contributed by atoms with Crippen molar-refractivity contribution in [1.29, 1.82) is 0 Å². The summed E-state index contributed by atoms with van der Waals surface area (Å²) in [5, 5.41) is 11.3. The molecule has 0 aliphatic heterocycles. The number of alkyl halides is 3. The molecule has 0 aromatic heterocycles. The highest BCUT2D eigenvalue weighted by atomic mass is 79.9. The molecule has 0 aliphatic carbocycles. The Bertz CT molecular complexity index is 1580. The number of amides is 2. The third-order valence-corrected chi connectivity index (χ3v) is 6.53. The van der Waals surface area contributed by atoms with Gasteiger partial charge < -0.3 is 19.9 Å². The molecule has 0 heterocycles. The molecule has 0 atom stereocenters. The van der Waals surface area contributed by atoms with Crippen molar-refractivity contribution < 1.29 is 42.1 Å². The second-order valence-corrected chi connectivity index (χ2v) is 10.0. The normalized spacial score (nSPS) is 11.0. The SMILES string of the molecule is O=C(O)CCNC(=O)c1cccc(N(Cc2ccc(OC(F)(F)F)cc2)C(=O)Oc2ccc(-c3ccc(Br)cc3)cc2)c1. The predicted octanol–water partition coefficient (Wildman–Crippen LogP) is 7.42. The number of hydrogen-bond acceptors (Lipinski definition) is 5. The molecule has 0 bridgehead atoms. The van der Waals surface area contributed by atoms with Crippen molar-refractivity contribution in [3.05, 3.63) is 113 Å². The first-order valence-electron chi connectivity index (χ1n) is 12.8. The van der Waals surface area contributed by atoms with Crippen molar-refractivity contribution in [3.8, 4) is 22.6 Å². The van der Waals surface area contributed by atoms with E-state index in [2.05, 4.69) is 26.0 Å². The zero-order valence-corrected chi connectivity index (χ0v) is 23.9. The quantitative estimate of drug-likeness (QED) is 0.184. The minimum Gasteiger partial charge on any atom is -0.481 e. The van der Waals surface area contributed by atoms with Crippen LogP contribution in [0.4, 0.5) is 23.7 Å². The van der Waals surface area contributed by atoms with E-state index in [4.69, 9.17) is 9.84 Å². The summed E-state index contributed by atoms with van der Waals surface area (Å²) in [6.45, 7) is -0.209. The van der Waals surface area contributed by atoms with Gasteiger partial charge >= 0.3 is 18.4 Å². The molecule has 2 N–H and O–H groups in total. The van der Waals surface area contributed by atoms with E-state index in [0.717, 1.165) is 27.7 Å². The number of benzene rings is 4. The highest BCUT2D eigenvalue weighted by molar-refractivity contribution is 9.10. The lowest BCUT2D eigenvalue weighted by atomic mass is 10.1. The molecule has 0 unspecified atom stereocenters. The lowest BCUT2D eigenvalue weighted by Gasteiger charge is -2.23. The van der Waals surface area contributed by atoms with Crippen LogP contribution in [0.15, 0.2) is 102 Å². The van der Waals surface area contributed by atoms with Crippen molar-refractivity contribution in [3.63, 3.8) is 0 Å². The van der Waals surface area contributed by atoms with Gasteiger partial charge in [-0.2, -0.15) is 0 Å². The van der Waals surface area contributed by atoms with Gasteiger partial charge in [-0.1, -0.05) is 58.4 Å². The van der Waals surface area contributed by atoms with Gasteiger partial charge in [-0.3, -0.25) is 14.5 Å². The third-order valence-electron chi connectivity index (χ3n) is 6.00. The van der Waals surface area contributed by atoms with Crippen LogP contribution >= 0.6 is 15.9 Å². The summed E-state index contributed by atoms with van der Waals surface area (Å²) in [6.07, 6.45) is -5.93. The van der Waals surface area contributed by atoms with Gasteiger partial charge in [0.2, 0.25) is 0 Å². The Balaban J connectivity index is 1.57. The molecular weight excluding hydrogens is 633 g/mol. The molecule has 0 saturated heterocycles. The van der Waals surface area contributed by atoms with Crippen LogP contribution in [-0.2, 0) is 11.3 Å². The average molecular weight is 657 g/mol. The molecule has 2 amide bonds. The lowest BCUT2D eigenvalue weighted by Crippen LogP contribution is -2.33. The Hall–Kier alpha value is -4.84. The lowest BCUT2D eigenvalue weighted by molar-refractivity contribution is -0.274. The van der Waals surface area contributed by atoms with Gasteiger partial charge in [0.25, 0.3) is 5.91 Å². The number of nitrogens with one attached hydrogen (secondary N) is 1. The fraction of sp³-hybridized carbons (Fsp3) is 0.129. The van der Waals surface area contributed by atoms with Gasteiger partial charge in [-0.15, -0.1) is 13.2 Å². The number of carbonyl (C=O) groups excluding carboxylic acids is 2. The van der Waals surface area contributed by atoms with E-state index in [-0.39, 0.29) is 36.5 Å². The van der Waals surface area contributed by atoms with E-state index >= 15 is 0 Å². The molecule has 0 spiro atoms. The molecule has 43 heavy (non-hydrogen) atoms. The third kappa shape index (κ3) is 9.33. The minimum absolute atomic E-state index is 0.0905. The smallest absolute Gasteiger partial charge is 0.481 e. The Morgan fingerprint density at radius 1 is 0.837 bits per heavy atom. The van der Waals surface area contributed by atoms with Crippen molar-refractivity contribution in [2.75, 3.05) is 11.4 Å². The van der Waals surface area contributed by atoms with Crippen LogP contribution in [0.25, 0.3) is 11.1 Å². The first-order valence-corrected chi connectivity index (χ1v) is 13.6. The summed E-state index contributed by atoms with van der Waals surface area (Å²) >= 11 is 3.40. The maximum Gasteiger partial charge on any atom is 0.573 e. The minimum atomic E-state index is -4.85. The fourth-order valence-corrected chi connectivity index (χ4v) is 4.22. The highest BCUT2D eigenvalue weighted by Gasteiger charge is 2.31. The standard InChI is InChI=1S/C31H24BrF3N2O6/c32-24-10-6-21(7-11-24)22-8-14-26(15-9-22)42-30(41)37(19-20-4-12-27(13-5-20)43-31(33,34)35)25-3-1-2-23(18-25)29(40)36-17-16-28(38)39/h1-15,18H,16-17,19H2,(H,36,40)(H,38,39). The van der Waals surface area contributed by atoms with Gasteiger partial charge in [-0.25, -0.2) is 4.79 Å². The maximum absolute atomic E-state index is 13.5. The molecule has 0 fully saturated rings. The summed E-state index contributed by atoms with van der Waals surface area (Å²) in [5.74, 6) is -1.79. The molecule has 222 valence electrons. The summed E-state index contributed by atoms with van der Waals surface area (Å²) < 4.78 is 48.3. The average Bonchev–Trinajstić information content (AvgIpc) is 2.96. The summed E-state index contributed by atoms with van der Waals surface area (Å²) in [6, 6.07) is 25.5. The topological polar surface area (TPSA) is 105 Å². The molecule has 8 nitrogen and oxygen atoms in total. The molecule has 0 radical (unpaired) electrons. The molecule has 12 heteroatoms. The number of ether oxygens (including phenoxy) is 2. The van der Waals surface area contributed by atoms with Crippen LogP contribution in [0.5, 0.6) is 11.5 Å². The second kappa shape index (κ2) is 13.9. The van der Waals surface area contributed by atoms with E-state index < -0.39 is 30.1 Å². The van der Waals surface area contributed by atoms with Crippen molar-refractivity contribution in [2.24, 2.45) is 0 Å². The van der Waals surface area contributed by atoms with Crippen molar-refractivity contribution in [2.45, 2.75) is 19.3 Å². The van der Waals surface area contributed by atoms with Crippen molar-refractivity contribution in [1.82, 2.24) is 5.32 Å². The van der Waals surface area contributed by atoms with Crippen molar-refractivity contribution >= 4 is 39.6 Å². The number of aliphatic carboxylic acids is 1. The maximum atomic E-state index is 13.5. The van der Waals surface area contributed by atoms with Crippen LogP contribution in [-0.4, -0.2) is 36.0 Å². The van der Waals surface area contributed by atoms with Crippen LogP contribution in [0.2, 0.25) is 0 Å². The Morgan fingerprint density at radius 2 is 1.44 bits per heavy atom. The predicted molar refractivity (Wildman–Crippen MR) is 156 cm³/mol. The Morgan fingerprint density at radius 3 is 2.05 bits per heavy atom. The van der Waals surface area contributed by atoms with Gasteiger partial charge in [0, 0.05) is 22.3 Å². The number of carboxylic acid groups (broad SMARTS) is 1. The fourth-order valence-electron chi connectivity index (χ4n) is 3.95. The van der Waals surface area contributed by atoms with E-state index in [1.165, 1.54) is 35.2 Å². The van der Waals surface area contributed by atoms with Gasteiger partial charge in [0.1, 0.15) is 11.5 Å². The van der Waals surface area contributed by atoms with E-state index in [1.807, 2.05) is 24.3 Å². The summed E-state index contributed by atoms with van der Waals surface area (Å²) in [7, 11) is 0. The first-order chi connectivity index (χ1) is 20.5. The zero-order chi connectivity index (χ0) is 31.0. The number of carbonyl (C=O) groups is 3. The van der Waals surface area contributed by atoms with Gasteiger partial charge in [0.05, 0.1) is 13.0 Å². The zero-order valence-electron chi connectivity index (χ0n) is 22.3. The van der Waals surface area contributed by atoms with E-state index in [9.17, 15) is 27.6 Å². The number of hydrogen-bond donors (Lipinski definition) is 2. The van der Waals surface area contributed by atoms with Crippen LogP contribution < -0.4 is 19.7 Å². The monoisotopic (exact) mass is 656 g/mol. The largest absolute Gasteiger partial charge is 0.573 e. The number of rotatable bonds is 10. The van der Waals surface area contributed by atoms with Crippen LogP contribution in [0.3, 0.4) is 0 Å². The number of halogens is 4. The number of anilines is 1. The van der Waals surface area contributed by atoms with Gasteiger partial charge in [0.15, 0.2) is 0 Å². The second-order valence-electron chi connectivity index (χ2n) is 9.13. The Labute approximate surface area is 252 Å². The molecule has 0 aliphatic rings. The van der Waals surface area contributed by atoms with E-state index in [1.54, 1.807) is 30.3 Å². The number of nitrogens with zero attached hydrogens (tertiary/aromatic N) is 1. The molecule has 4 rings (SSSR count). The molecule has 4 aromatic rings. The molecule has 0 saturated carbocycles. The Kier molecular flexibility index (Phi) is 10.0. The highest BCUT2D eigenvalue weighted by Crippen LogP contribution is 2.27. The van der Waals surface area contributed by atoms with Crippen LogP contribution in [0.1, 0.15) is 22.3 Å². The molecule has 4 aromatic carbocycles. The van der Waals surface area contributed by atoms with Gasteiger partial charge in [-0.05, 0) is 71.3 Å². The van der Waals surface area contributed by atoms with E-state index in [0.29, 0.717) is 5.56 Å². The first kappa shape index (κ1) is 31.1. The summed E-state index contributed by atoms with van der Waals surface area (Å²) in [4.78, 5) is 38.0. The summed E-state index contributed by atoms with van der Waals surface area (Å²) in [5.41, 5.74) is 2.73. The number of carboxylic acids is 1. The molecular formula is C31H24BrF3N2O6. The van der Waals surface area contributed by atoms with Crippen LogP contribution in [0, 0.1) is 0 Å².